The maximum Gasteiger partial charge on any atom is 0.243 e. The molecule has 9 heteroatoms. The van der Waals surface area contributed by atoms with E-state index in [9.17, 15) is 13.2 Å². The van der Waals surface area contributed by atoms with Crippen molar-refractivity contribution in [3.05, 3.63) is 52.6 Å². The van der Waals surface area contributed by atoms with Crippen molar-refractivity contribution in [1.82, 2.24) is 9.29 Å². The molecule has 0 saturated carbocycles. The zero-order valence-corrected chi connectivity index (χ0v) is 16.1. The number of amides is 1. The summed E-state index contributed by atoms with van der Waals surface area (Å²) < 4.78 is 26.7. The van der Waals surface area contributed by atoms with E-state index in [0.717, 1.165) is 0 Å². The average Bonchev–Trinajstić information content (AvgIpc) is 2.64. The number of anilines is 1. The Labute approximate surface area is 162 Å². The monoisotopic (exact) mass is 413 g/mol. The molecule has 0 spiro atoms. The molecule has 1 aromatic carbocycles. The normalized spacial score (nSPS) is 16.4. The van der Waals surface area contributed by atoms with Gasteiger partial charge in [0.15, 0.2) is 0 Å². The van der Waals surface area contributed by atoms with E-state index < -0.39 is 10.0 Å². The summed E-state index contributed by atoms with van der Waals surface area (Å²) in [5.41, 5.74) is 0. The second-order valence-corrected chi connectivity index (χ2v) is 8.79. The van der Waals surface area contributed by atoms with Gasteiger partial charge in [-0.15, -0.1) is 0 Å². The van der Waals surface area contributed by atoms with Gasteiger partial charge in [0, 0.05) is 30.2 Å². The number of piperidine rings is 1. The lowest BCUT2D eigenvalue weighted by molar-refractivity contribution is -0.120. The lowest BCUT2D eigenvalue weighted by Gasteiger charge is -2.30. The fourth-order valence-corrected chi connectivity index (χ4v) is 4.50. The quantitative estimate of drug-likeness (QED) is 0.832. The highest BCUT2D eigenvalue weighted by molar-refractivity contribution is 7.89. The van der Waals surface area contributed by atoms with Crippen LogP contribution in [0.4, 0.5) is 5.82 Å². The molecule has 1 aliphatic rings. The Morgan fingerprint density at radius 2 is 1.65 bits per heavy atom. The first-order valence-electron chi connectivity index (χ1n) is 8.04. The molecule has 0 radical (unpaired) electrons. The van der Waals surface area contributed by atoms with Crippen LogP contribution >= 0.6 is 23.2 Å². The fraction of sp³-hybridized carbons (Fsp3) is 0.294. The first kappa shape index (κ1) is 19.1. The SMILES string of the molecule is O=C(Nc1ccc(Cl)cn1)C1CCN(S(=O)(=O)c2ccc(Cl)cc2)CC1. The summed E-state index contributed by atoms with van der Waals surface area (Å²) >= 11 is 11.6. The van der Waals surface area contributed by atoms with Gasteiger partial charge < -0.3 is 5.32 Å². The van der Waals surface area contributed by atoms with E-state index in [4.69, 9.17) is 23.2 Å². The van der Waals surface area contributed by atoms with Crippen LogP contribution in [0.3, 0.4) is 0 Å². The van der Waals surface area contributed by atoms with Crippen molar-refractivity contribution in [3.63, 3.8) is 0 Å². The molecule has 0 atom stereocenters. The van der Waals surface area contributed by atoms with Gasteiger partial charge in [-0.25, -0.2) is 13.4 Å². The first-order chi connectivity index (χ1) is 12.4. The zero-order valence-electron chi connectivity index (χ0n) is 13.7. The molecule has 0 bridgehead atoms. The first-order valence-corrected chi connectivity index (χ1v) is 10.2. The van der Waals surface area contributed by atoms with Crippen molar-refractivity contribution in [2.45, 2.75) is 17.7 Å². The van der Waals surface area contributed by atoms with Gasteiger partial charge in [0.2, 0.25) is 15.9 Å². The minimum absolute atomic E-state index is 0.164. The lowest BCUT2D eigenvalue weighted by Crippen LogP contribution is -2.41. The van der Waals surface area contributed by atoms with Crippen LogP contribution in [-0.4, -0.2) is 36.7 Å². The molecule has 1 aliphatic heterocycles. The van der Waals surface area contributed by atoms with E-state index in [2.05, 4.69) is 10.3 Å². The summed E-state index contributed by atoms with van der Waals surface area (Å²) in [5, 5.41) is 3.71. The minimum atomic E-state index is -3.58. The second kappa shape index (κ2) is 7.92. The maximum atomic E-state index is 12.7. The van der Waals surface area contributed by atoms with Gasteiger partial charge in [-0.2, -0.15) is 4.31 Å². The molecule has 26 heavy (non-hydrogen) atoms. The highest BCUT2D eigenvalue weighted by atomic mass is 35.5. The van der Waals surface area contributed by atoms with E-state index in [-0.39, 0.29) is 29.8 Å². The van der Waals surface area contributed by atoms with Crippen LogP contribution in [0.5, 0.6) is 0 Å². The molecule has 2 aromatic rings. The molecule has 0 unspecified atom stereocenters. The number of nitrogens with one attached hydrogen (secondary N) is 1. The van der Waals surface area contributed by atoms with Crippen molar-refractivity contribution >= 4 is 45.0 Å². The fourth-order valence-electron chi connectivity index (χ4n) is 2.79. The van der Waals surface area contributed by atoms with Crippen molar-refractivity contribution in [3.8, 4) is 0 Å². The highest BCUT2D eigenvalue weighted by Gasteiger charge is 2.32. The summed E-state index contributed by atoms with van der Waals surface area (Å²) in [5.74, 6) is 0.00289. The van der Waals surface area contributed by atoms with Crippen molar-refractivity contribution < 1.29 is 13.2 Å². The number of benzene rings is 1. The smallest absolute Gasteiger partial charge is 0.243 e. The molecule has 6 nitrogen and oxygen atoms in total. The van der Waals surface area contributed by atoms with Gasteiger partial charge in [0.25, 0.3) is 0 Å². The molecular formula is C17H17Cl2N3O3S. The Morgan fingerprint density at radius 1 is 1.04 bits per heavy atom. The molecule has 1 aromatic heterocycles. The summed E-state index contributed by atoms with van der Waals surface area (Å²) in [4.78, 5) is 16.6. The van der Waals surface area contributed by atoms with Crippen LogP contribution in [0.25, 0.3) is 0 Å². The topological polar surface area (TPSA) is 79.4 Å². The zero-order chi connectivity index (χ0) is 18.7. The van der Waals surface area contributed by atoms with Gasteiger partial charge in [-0.05, 0) is 49.2 Å². The molecule has 1 N–H and O–H groups in total. The molecule has 138 valence electrons. The lowest BCUT2D eigenvalue weighted by atomic mass is 9.97. The number of aromatic nitrogens is 1. The molecule has 3 rings (SSSR count). The summed E-state index contributed by atoms with van der Waals surface area (Å²) in [6.07, 6.45) is 2.36. The maximum absolute atomic E-state index is 12.7. The number of hydrogen-bond acceptors (Lipinski definition) is 4. The minimum Gasteiger partial charge on any atom is -0.310 e. The van der Waals surface area contributed by atoms with Crippen LogP contribution in [0.1, 0.15) is 12.8 Å². The number of carbonyl (C=O) groups is 1. The van der Waals surface area contributed by atoms with Crippen LogP contribution in [0, 0.1) is 5.92 Å². The molecule has 0 aliphatic carbocycles. The van der Waals surface area contributed by atoms with E-state index in [1.54, 1.807) is 24.3 Å². The van der Waals surface area contributed by atoms with Crippen LogP contribution in [0.15, 0.2) is 47.5 Å². The number of pyridine rings is 1. The Morgan fingerprint density at radius 3 is 2.23 bits per heavy atom. The largest absolute Gasteiger partial charge is 0.310 e. The summed E-state index contributed by atoms with van der Waals surface area (Å²) in [7, 11) is -3.58. The highest BCUT2D eigenvalue weighted by Crippen LogP contribution is 2.25. The van der Waals surface area contributed by atoms with Gasteiger partial charge in [0.05, 0.1) is 9.92 Å². The molecular weight excluding hydrogens is 397 g/mol. The average molecular weight is 414 g/mol. The Kier molecular flexibility index (Phi) is 5.82. The van der Waals surface area contributed by atoms with Gasteiger partial charge in [-0.3, -0.25) is 4.79 Å². The van der Waals surface area contributed by atoms with Crippen LogP contribution < -0.4 is 5.32 Å². The standard InChI is InChI=1S/C17H17Cl2N3O3S/c18-13-1-4-15(5-2-13)26(24,25)22-9-7-12(8-10-22)17(23)21-16-6-3-14(19)11-20-16/h1-6,11-12H,7-10H2,(H,20,21,23). The second-order valence-electron chi connectivity index (χ2n) is 5.98. The number of sulfonamides is 1. The predicted octanol–water partition coefficient (Wildman–Crippen LogP) is 3.43. The third kappa shape index (κ3) is 4.35. The Balaban J connectivity index is 1.60. The molecule has 1 saturated heterocycles. The van der Waals surface area contributed by atoms with Gasteiger partial charge in [0.1, 0.15) is 5.82 Å². The number of halogens is 2. The summed E-state index contributed by atoms with van der Waals surface area (Å²) in [6, 6.07) is 9.35. The van der Waals surface area contributed by atoms with E-state index in [1.807, 2.05) is 0 Å². The van der Waals surface area contributed by atoms with Gasteiger partial charge in [-0.1, -0.05) is 23.2 Å². The summed E-state index contributed by atoms with van der Waals surface area (Å²) in [6.45, 7) is 0.578. The molecule has 1 amide bonds. The Bertz CT molecular complexity index is 878. The van der Waals surface area contributed by atoms with E-state index >= 15 is 0 Å². The number of rotatable bonds is 4. The van der Waals surface area contributed by atoms with Crippen LogP contribution in [-0.2, 0) is 14.8 Å². The third-order valence-corrected chi connectivity index (χ3v) is 6.64. The number of hydrogen-bond donors (Lipinski definition) is 1. The van der Waals surface area contributed by atoms with Crippen molar-refractivity contribution in [1.29, 1.82) is 0 Å². The van der Waals surface area contributed by atoms with Crippen molar-refractivity contribution in [2.75, 3.05) is 18.4 Å². The number of carbonyl (C=O) groups excluding carboxylic acids is 1. The van der Waals surface area contributed by atoms with Crippen molar-refractivity contribution in [2.24, 2.45) is 5.92 Å². The van der Waals surface area contributed by atoms with E-state index in [0.29, 0.717) is 28.7 Å². The molecule has 1 fully saturated rings. The van der Waals surface area contributed by atoms with Crippen LogP contribution in [0.2, 0.25) is 10.0 Å². The van der Waals surface area contributed by atoms with Gasteiger partial charge >= 0.3 is 0 Å². The Hall–Kier alpha value is -1.67. The van der Waals surface area contributed by atoms with E-state index in [1.165, 1.54) is 22.6 Å². The number of nitrogens with zero attached hydrogens (tertiary/aromatic N) is 2. The predicted molar refractivity (Wildman–Crippen MR) is 101 cm³/mol. The third-order valence-electron chi connectivity index (χ3n) is 4.25. The molecule has 2 heterocycles.